The number of carbonyl (C=O) groups excluding carboxylic acids is 1. The van der Waals surface area contributed by atoms with Crippen molar-refractivity contribution in [1.29, 1.82) is 0 Å². The number of nitrogens with one attached hydrogen (secondary N) is 2. The van der Waals surface area contributed by atoms with Crippen LogP contribution in [0.25, 0.3) is 0 Å². The quantitative estimate of drug-likeness (QED) is 0.497. The molecule has 0 aromatic heterocycles. The monoisotopic (exact) mass is 385 g/mol. The van der Waals surface area contributed by atoms with Crippen molar-refractivity contribution >= 4 is 35.2 Å². The summed E-state index contributed by atoms with van der Waals surface area (Å²) in [5, 5.41) is 5.69. The molecule has 0 bridgehead atoms. The van der Waals surface area contributed by atoms with E-state index in [-0.39, 0.29) is 23.1 Å². The Hall–Kier alpha value is -2.62. The van der Waals surface area contributed by atoms with Gasteiger partial charge in [0.25, 0.3) is 5.17 Å². The van der Waals surface area contributed by atoms with Crippen molar-refractivity contribution in [1.82, 2.24) is 10.2 Å². The predicted octanol–water partition coefficient (Wildman–Crippen LogP) is 0.976. The van der Waals surface area contributed by atoms with E-state index in [1.165, 1.54) is 25.4 Å². The van der Waals surface area contributed by atoms with Crippen LogP contribution in [-0.2, 0) is 9.53 Å². The Morgan fingerprint density at radius 3 is 2.46 bits per heavy atom. The molecule has 1 amide bonds. The molecule has 1 aliphatic heterocycles. The lowest BCUT2D eigenvalue weighted by molar-refractivity contribution is -0.118. The van der Waals surface area contributed by atoms with Crippen molar-refractivity contribution in [2.45, 2.75) is 0 Å². The highest BCUT2D eigenvalue weighted by molar-refractivity contribution is 7.80. The number of rotatable bonds is 6. The Labute approximate surface area is 155 Å². The summed E-state index contributed by atoms with van der Waals surface area (Å²) in [6.07, 6.45) is 2.16. The number of halogens is 2. The first-order valence-corrected chi connectivity index (χ1v) is 8.31. The molecule has 2 rings (SSSR count). The molecule has 26 heavy (non-hydrogen) atoms. The summed E-state index contributed by atoms with van der Waals surface area (Å²) >= 11 is 4.81. The van der Waals surface area contributed by atoms with E-state index in [4.69, 9.17) is 22.7 Å². The van der Waals surface area contributed by atoms with Gasteiger partial charge in [-0.05, 0) is 24.4 Å². The Bertz CT molecular complexity index is 670. The zero-order valence-corrected chi connectivity index (χ0v) is 15.1. The summed E-state index contributed by atoms with van der Waals surface area (Å²) in [5.74, 6) is -1.37. The number of ether oxygens (including phenoxy) is 1. The molecule has 1 aliphatic rings. The van der Waals surface area contributed by atoms with Gasteiger partial charge in [-0.2, -0.15) is 0 Å². The first kappa shape index (κ1) is 19.7. The highest BCUT2D eigenvalue weighted by atomic mass is 32.1. The number of thiocarbonyl (C=S) groups is 1. The molecule has 1 heterocycles. The van der Waals surface area contributed by atoms with Crippen LogP contribution < -0.4 is 21.3 Å². The SMILES string of the molecule is COC(=S)NC/C(N)=C/Nc1cc(F)c(N2CCN(C=O)CC2)c(F)c1. The molecule has 0 radical (unpaired) electrons. The highest BCUT2D eigenvalue weighted by Gasteiger charge is 2.22. The lowest BCUT2D eigenvalue weighted by Crippen LogP contribution is -2.46. The van der Waals surface area contributed by atoms with E-state index in [1.54, 1.807) is 9.80 Å². The third-order valence-corrected chi connectivity index (χ3v) is 4.15. The second kappa shape index (κ2) is 9.18. The van der Waals surface area contributed by atoms with Gasteiger partial charge >= 0.3 is 0 Å². The number of nitrogens with zero attached hydrogens (tertiary/aromatic N) is 2. The summed E-state index contributed by atoms with van der Waals surface area (Å²) in [6, 6.07) is 2.39. The van der Waals surface area contributed by atoms with E-state index in [1.807, 2.05) is 0 Å². The van der Waals surface area contributed by atoms with Crippen molar-refractivity contribution in [2.24, 2.45) is 5.73 Å². The topological polar surface area (TPSA) is 82.9 Å². The lowest BCUT2D eigenvalue weighted by atomic mass is 10.2. The van der Waals surface area contributed by atoms with Crippen LogP contribution in [0.5, 0.6) is 0 Å². The van der Waals surface area contributed by atoms with Gasteiger partial charge in [-0.3, -0.25) is 4.79 Å². The normalized spacial score (nSPS) is 14.8. The van der Waals surface area contributed by atoms with E-state index in [0.29, 0.717) is 31.9 Å². The fraction of sp³-hybridized carbons (Fsp3) is 0.375. The molecule has 0 spiro atoms. The van der Waals surface area contributed by atoms with Gasteiger partial charge in [0.1, 0.15) is 5.69 Å². The van der Waals surface area contributed by atoms with Crippen LogP contribution in [-0.4, -0.2) is 56.3 Å². The zero-order chi connectivity index (χ0) is 19.1. The number of nitrogens with two attached hydrogens (primary N) is 1. The van der Waals surface area contributed by atoms with Gasteiger partial charge in [0.05, 0.1) is 13.7 Å². The third-order valence-electron chi connectivity index (χ3n) is 3.84. The summed E-state index contributed by atoms with van der Waals surface area (Å²) < 4.78 is 33.6. The first-order chi connectivity index (χ1) is 12.4. The average Bonchev–Trinajstić information content (AvgIpc) is 2.64. The van der Waals surface area contributed by atoms with Gasteiger partial charge < -0.3 is 30.9 Å². The summed E-state index contributed by atoms with van der Waals surface area (Å²) in [4.78, 5) is 13.9. The van der Waals surface area contributed by atoms with Crippen LogP contribution in [0, 0.1) is 11.6 Å². The maximum atomic E-state index is 14.4. The molecular formula is C16H21F2N5O2S. The van der Waals surface area contributed by atoms with E-state index < -0.39 is 11.6 Å². The maximum absolute atomic E-state index is 14.4. The van der Waals surface area contributed by atoms with Crippen LogP contribution in [0.1, 0.15) is 0 Å². The van der Waals surface area contributed by atoms with Gasteiger partial charge in [0.15, 0.2) is 11.6 Å². The Kier molecular flexibility index (Phi) is 6.96. The van der Waals surface area contributed by atoms with Crippen molar-refractivity contribution in [3.63, 3.8) is 0 Å². The molecule has 1 aromatic rings. The molecule has 1 fully saturated rings. The van der Waals surface area contributed by atoms with Crippen LogP contribution in [0.15, 0.2) is 24.0 Å². The number of hydrogen-bond acceptors (Lipinski definition) is 6. The van der Waals surface area contributed by atoms with E-state index in [2.05, 4.69) is 10.6 Å². The number of benzene rings is 1. The van der Waals surface area contributed by atoms with Crippen LogP contribution in [0.2, 0.25) is 0 Å². The predicted molar refractivity (Wildman–Crippen MR) is 99.7 cm³/mol. The number of anilines is 2. The van der Waals surface area contributed by atoms with Gasteiger partial charge in [0, 0.05) is 43.8 Å². The average molecular weight is 385 g/mol. The number of hydrogen-bond donors (Lipinski definition) is 3. The Balaban J connectivity index is 2.02. The number of amides is 1. The molecule has 0 atom stereocenters. The van der Waals surface area contributed by atoms with Crippen molar-refractivity contribution in [3.8, 4) is 0 Å². The molecule has 10 heteroatoms. The van der Waals surface area contributed by atoms with Gasteiger partial charge in [-0.25, -0.2) is 8.78 Å². The third kappa shape index (κ3) is 5.19. The second-order valence-corrected chi connectivity index (χ2v) is 6.00. The van der Waals surface area contributed by atoms with Gasteiger partial charge in [-0.1, -0.05) is 0 Å². The first-order valence-electron chi connectivity index (χ1n) is 7.90. The Morgan fingerprint density at radius 2 is 1.92 bits per heavy atom. The molecule has 1 aromatic carbocycles. The summed E-state index contributed by atoms with van der Waals surface area (Å²) in [6.45, 7) is 1.83. The van der Waals surface area contributed by atoms with Gasteiger partial charge in [-0.15, -0.1) is 0 Å². The molecule has 1 saturated heterocycles. The second-order valence-electron chi connectivity index (χ2n) is 5.63. The lowest BCUT2D eigenvalue weighted by Gasteiger charge is -2.34. The van der Waals surface area contributed by atoms with E-state index in [9.17, 15) is 13.6 Å². The van der Waals surface area contributed by atoms with Crippen molar-refractivity contribution < 1.29 is 18.3 Å². The smallest absolute Gasteiger partial charge is 0.256 e. The fourth-order valence-corrected chi connectivity index (χ4v) is 2.55. The number of methoxy groups -OCH3 is 1. The summed E-state index contributed by atoms with van der Waals surface area (Å²) in [5.41, 5.74) is 6.28. The molecule has 142 valence electrons. The minimum atomic E-state index is -0.683. The molecule has 0 saturated carbocycles. The molecule has 0 aliphatic carbocycles. The fourth-order valence-electron chi connectivity index (χ4n) is 2.48. The van der Waals surface area contributed by atoms with Crippen LogP contribution in [0.4, 0.5) is 20.2 Å². The highest BCUT2D eigenvalue weighted by Crippen LogP contribution is 2.28. The molecule has 7 nitrogen and oxygen atoms in total. The summed E-state index contributed by atoms with van der Waals surface area (Å²) in [7, 11) is 1.43. The van der Waals surface area contributed by atoms with Crippen LogP contribution in [0.3, 0.4) is 0 Å². The number of piperazine rings is 1. The van der Waals surface area contributed by atoms with E-state index in [0.717, 1.165) is 6.41 Å². The molecule has 4 N–H and O–H groups in total. The minimum Gasteiger partial charge on any atom is -0.474 e. The minimum absolute atomic E-state index is 0.0924. The van der Waals surface area contributed by atoms with Crippen LogP contribution >= 0.6 is 12.2 Å². The largest absolute Gasteiger partial charge is 0.474 e. The number of carbonyl (C=O) groups is 1. The Morgan fingerprint density at radius 1 is 1.31 bits per heavy atom. The molecular weight excluding hydrogens is 364 g/mol. The standard InChI is InChI=1S/C16H21F2N5O2S/c1-25-16(26)21-9-11(19)8-20-12-6-13(17)15(14(18)7-12)23-4-2-22(10-24)3-5-23/h6-8,10,20H,2-5,9,19H2,1H3,(H,21,26)/b11-8-. The van der Waals surface area contributed by atoms with E-state index >= 15 is 0 Å². The maximum Gasteiger partial charge on any atom is 0.256 e. The van der Waals surface area contributed by atoms with Crippen molar-refractivity contribution in [3.05, 3.63) is 35.7 Å². The van der Waals surface area contributed by atoms with Gasteiger partial charge in [0.2, 0.25) is 6.41 Å². The molecule has 0 unspecified atom stereocenters. The zero-order valence-electron chi connectivity index (χ0n) is 14.3. The van der Waals surface area contributed by atoms with Crippen molar-refractivity contribution in [2.75, 3.05) is 50.1 Å².